The SMILES string of the molecule is CC(OC1CCCCO1)c1nccn1Cc1cc(-c2ccc(C#Cc3ccc(CNCCO)nc3)cc2)on1. The predicted molar refractivity (Wildman–Crippen MR) is 145 cm³/mol. The van der Waals surface area contributed by atoms with Gasteiger partial charge in [-0.25, -0.2) is 4.98 Å². The molecule has 9 nitrogen and oxygen atoms in total. The first-order valence-electron chi connectivity index (χ1n) is 13.3. The average Bonchev–Trinajstić information content (AvgIpc) is 3.64. The summed E-state index contributed by atoms with van der Waals surface area (Å²) < 4.78 is 19.5. The van der Waals surface area contributed by atoms with Crippen LogP contribution >= 0.6 is 0 Å². The molecule has 4 aromatic rings. The van der Waals surface area contributed by atoms with Gasteiger partial charge in [0.1, 0.15) is 17.6 Å². The van der Waals surface area contributed by atoms with E-state index in [1.165, 1.54) is 0 Å². The van der Waals surface area contributed by atoms with Gasteiger partial charge in [0.05, 0.1) is 18.8 Å². The van der Waals surface area contributed by atoms with Gasteiger partial charge in [0, 0.05) is 61.0 Å². The number of nitrogens with one attached hydrogen (secondary N) is 1. The number of aromatic nitrogens is 4. The molecule has 39 heavy (non-hydrogen) atoms. The molecule has 2 unspecified atom stereocenters. The number of nitrogens with zero attached hydrogens (tertiary/aromatic N) is 4. The van der Waals surface area contributed by atoms with Crippen molar-refractivity contribution in [2.45, 2.75) is 51.7 Å². The molecule has 5 rings (SSSR count). The Bertz CT molecular complexity index is 1380. The fourth-order valence-electron chi connectivity index (χ4n) is 4.38. The number of ether oxygens (including phenoxy) is 2. The van der Waals surface area contributed by atoms with Gasteiger partial charge in [-0.05, 0) is 62.6 Å². The molecule has 4 heterocycles. The molecule has 0 radical (unpaired) electrons. The van der Waals surface area contributed by atoms with Gasteiger partial charge in [-0.3, -0.25) is 4.98 Å². The summed E-state index contributed by atoms with van der Waals surface area (Å²) in [7, 11) is 0. The summed E-state index contributed by atoms with van der Waals surface area (Å²) in [6.45, 7) is 4.55. The summed E-state index contributed by atoms with van der Waals surface area (Å²) in [4.78, 5) is 8.91. The molecule has 2 N–H and O–H groups in total. The molecule has 1 fully saturated rings. The van der Waals surface area contributed by atoms with Crippen LogP contribution in [0.1, 0.15) is 60.6 Å². The first-order chi connectivity index (χ1) is 19.2. The molecule has 1 aromatic carbocycles. The van der Waals surface area contributed by atoms with Crippen LogP contribution in [0.25, 0.3) is 11.3 Å². The first kappa shape index (κ1) is 26.8. The number of pyridine rings is 1. The maximum Gasteiger partial charge on any atom is 0.167 e. The number of aliphatic hydroxyl groups excluding tert-OH is 1. The second-order valence-corrected chi connectivity index (χ2v) is 9.44. The fraction of sp³-hybridized carbons (Fsp3) is 0.367. The van der Waals surface area contributed by atoms with Crippen molar-refractivity contribution in [2.24, 2.45) is 0 Å². The number of imidazole rings is 1. The van der Waals surface area contributed by atoms with Gasteiger partial charge in [-0.1, -0.05) is 17.0 Å². The van der Waals surface area contributed by atoms with Gasteiger partial charge in [0.2, 0.25) is 0 Å². The minimum atomic E-state index is -0.189. The molecule has 3 aromatic heterocycles. The largest absolute Gasteiger partial charge is 0.395 e. The standard InChI is InChI=1S/C30H33N5O4/c1-22(38-29-4-2-3-17-37-29)30-32-13-15-35(30)21-27-18-28(39-34-27)25-10-7-23(8-11-25)5-6-24-9-12-26(33-19-24)20-31-14-16-36/h7-13,15,18-19,22,29,31,36H,2-4,14,16-17,20-21H2,1H3. The Kier molecular flexibility index (Phi) is 9.14. The Balaban J connectivity index is 1.18. The van der Waals surface area contributed by atoms with E-state index in [1.54, 1.807) is 12.4 Å². The highest BCUT2D eigenvalue weighted by atomic mass is 16.7. The lowest BCUT2D eigenvalue weighted by Gasteiger charge is -2.26. The first-order valence-corrected chi connectivity index (χ1v) is 13.3. The van der Waals surface area contributed by atoms with E-state index in [2.05, 4.69) is 32.3 Å². The molecule has 2 atom stereocenters. The third-order valence-electron chi connectivity index (χ3n) is 6.44. The number of hydrogen-bond donors (Lipinski definition) is 2. The molecular weight excluding hydrogens is 494 g/mol. The highest BCUT2D eigenvalue weighted by molar-refractivity contribution is 5.59. The highest BCUT2D eigenvalue weighted by Gasteiger charge is 2.21. The Hall–Kier alpha value is -3.81. The zero-order chi connectivity index (χ0) is 26.9. The molecule has 1 aliphatic rings. The van der Waals surface area contributed by atoms with E-state index in [0.29, 0.717) is 25.4 Å². The summed E-state index contributed by atoms with van der Waals surface area (Å²) in [6, 6.07) is 13.7. The molecular formula is C30H33N5O4. The van der Waals surface area contributed by atoms with Gasteiger partial charge in [-0.2, -0.15) is 0 Å². The van der Waals surface area contributed by atoms with Crippen LogP contribution in [-0.4, -0.2) is 50.8 Å². The van der Waals surface area contributed by atoms with Crippen LogP contribution in [0, 0.1) is 11.8 Å². The van der Waals surface area contributed by atoms with E-state index >= 15 is 0 Å². The van der Waals surface area contributed by atoms with E-state index in [0.717, 1.165) is 59.8 Å². The summed E-state index contributed by atoms with van der Waals surface area (Å²) in [5.41, 5.74) is 4.38. The van der Waals surface area contributed by atoms with Crippen LogP contribution in [-0.2, 0) is 22.6 Å². The molecule has 0 spiro atoms. The normalized spacial score (nSPS) is 16.0. The molecule has 0 amide bonds. The Morgan fingerprint density at radius 1 is 1.10 bits per heavy atom. The van der Waals surface area contributed by atoms with Crippen molar-refractivity contribution in [3.63, 3.8) is 0 Å². The minimum absolute atomic E-state index is 0.109. The lowest BCUT2D eigenvalue weighted by Crippen LogP contribution is -2.24. The van der Waals surface area contributed by atoms with E-state index in [4.69, 9.17) is 19.1 Å². The quantitative estimate of drug-likeness (QED) is 0.235. The van der Waals surface area contributed by atoms with Gasteiger partial charge in [0.15, 0.2) is 12.1 Å². The van der Waals surface area contributed by atoms with Crippen LogP contribution in [0.5, 0.6) is 0 Å². The topological polar surface area (TPSA) is 107 Å². The van der Waals surface area contributed by atoms with Crippen LogP contribution in [0.3, 0.4) is 0 Å². The van der Waals surface area contributed by atoms with Crippen molar-refractivity contribution in [1.29, 1.82) is 0 Å². The number of aliphatic hydroxyl groups is 1. The lowest BCUT2D eigenvalue weighted by molar-refractivity contribution is -0.188. The van der Waals surface area contributed by atoms with Crippen molar-refractivity contribution in [1.82, 2.24) is 25.0 Å². The minimum Gasteiger partial charge on any atom is -0.395 e. The van der Waals surface area contributed by atoms with Crippen molar-refractivity contribution >= 4 is 0 Å². The van der Waals surface area contributed by atoms with Gasteiger partial charge in [0.25, 0.3) is 0 Å². The average molecular weight is 528 g/mol. The van der Waals surface area contributed by atoms with Crippen LogP contribution in [0.15, 0.2) is 65.6 Å². The molecule has 0 saturated carbocycles. The fourth-order valence-corrected chi connectivity index (χ4v) is 4.38. The van der Waals surface area contributed by atoms with E-state index in [1.807, 2.05) is 60.2 Å². The Morgan fingerprint density at radius 2 is 1.95 bits per heavy atom. The lowest BCUT2D eigenvalue weighted by atomic mass is 10.1. The summed E-state index contributed by atoms with van der Waals surface area (Å²) in [5, 5.41) is 16.2. The monoisotopic (exact) mass is 527 g/mol. The highest BCUT2D eigenvalue weighted by Crippen LogP contribution is 2.25. The second kappa shape index (κ2) is 13.3. The van der Waals surface area contributed by atoms with E-state index in [9.17, 15) is 0 Å². The summed E-state index contributed by atoms with van der Waals surface area (Å²) in [5.74, 6) is 7.85. The van der Waals surface area contributed by atoms with Crippen molar-refractivity contribution < 1.29 is 19.1 Å². The van der Waals surface area contributed by atoms with Crippen molar-refractivity contribution in [3.8, 4) is 23.2 Å². The molecule has 1 aliphatic heterocycles. The van der Waals surface area contributed by atoms with Gasteiger partial charge < -0.3 is 29.0 Å². The third kappa shape index (κ3) is 7.40. The van der Waals surface area contributed by atoms with E-state index < -0.39 is 0 Å². The number of rotatable bonds is 10. The number of hydrogen-bond acceptors (Lipinski definition) is 8. The zero-order valence-corrected chi connectivity index (χ0v) is 22.0. The van der Waals surface area contributed by atoms with Crippen LogP contribution in [0.2, 0.25) is 0 Å². The molecule has 1 saturated heterocycles. The van der Waals surface area contributed by atoms with Crippen molar-refractivity contribution in [2.75, 3.05) is 19.8 Å². The van der Waals surface area contributed by atoms with Gasteiger partial charge in [-0.15, -0.1) is 0 Å². The number of benzene rings is 1. The predicted octanol–water partition coefficient (Wildman–Crippen LogP) is 4.07. The molecule has 202 valence electrons. The maximum atomic E-state index is 8.85. The summed E-state index contributed by atoms with van der Waals surface area (Å²) in [6.07, 6.45) is 8.23. The Morgan fingerprint density at radius 3 is 2.72 bits per heavy atom. The van der Waals surface area contributed by atoms with Crippen LogP contribution in [0.4, 0.5) is 0 Å². The molecule has 0 bridgehead atoms. The zero-order valence-electron chi connectivity index (χ0n) is 22.0. The Labute approximate surface area is 228 Å². The van der Waals surface area contributed by atoms with Crippen molar-refractivity contribution in [3.05, 3.63) is 89.4 Å². The van der Waals surface area contributed by atoms with Crippen LogP contribution < -0.4 is 5.32 Å². The second-order valence-electron chi connectivity index (χ2n) is 9.44. The molecule has 0 aliphatic carbocycles. The van der Waals surface area contributed by atoms with E-state index in [-0.39, 0.29) is 19.0 Å². The third-order valence-corrected chi connectivity index (χ3v) is 6.44. The summed E-state index contributed by atoms with van der Waals surface area (Å²) >= 11 is 0. The smallest absolute Gasteiger partial charge is 0.167 e. The molecule has 9 heteroatoms. The van der Waals surface area contributed by atoms with Gasteiger partial charge >= 0.3 is 0 Å². The maximum absolute atomic E-state index is 8.85.